The molecule has 4 nitrogen and oxygen atoms in total. The number of nitrogens with one attached hydrogen (secondary N) is 1. The Bertz CT molecular complexity index is 485. The Morgan fingerprint density at radius 2 is 2.11 bits per heavy atom. The van der Waals surface area contributed by atoms with Crippen LogP contribution in [0.1, 0.15) is 10.4 Å². The van der Waals surface area contributed by atoms with Gasteiger partial charge in [-0.3, -0.25) is 14.6 Å². The molecule has 3 saturated heterocycles. The number of hydrogen-bond donors (Lipinski definition) is 1. The number of rotatable bonds is 3. The lowest BCUT2D eigenvalue weighted by molar-refractivity contribution is 0.0138. The van der Waals surface area contributed by atoms with Crippen LogP contribution in [0.25, 0.3) is 0 Å². The quantitative estimate of drug-likeness (QED) is 0.922. The third kappa shape index (κ3) is 2.90. The van der Waals surface area contributed by atoms with E-state index in [1.165, 1.54) is 11.3 Å². The van der Waals surface area contributed by atoms with Gasteiger partial charge >= 0.3 is 0 Å². The summed E-state index contributed by atoms with van der Waals surface area (Å²) in [6.07, 6.45) is 0. The molecule has 19 heavy (non-hydrogen) atoms. The molecule has 0 spiro atoms. The molecule has 7 heteroatoms. The summed E-state index contributed by atoms with van der Waals surface area (Å²) in [5.74, 6) is -0.134. The topological polar surface area (TPSA) is 35.6 Å². The van der Waals surface area contributed by atoms with Crippen LogP contribution < -0.4 is 5.32 Å². The fourth-order valence-electron chi connectivity index (χ4n) is 2.72. The van der Waals surface area contributed by atoms with E-state index in [0.29, 0.717) is 26.8 Å². The number of piperazine rings is 3. The maximum Gasteiger partial charge on any atom is 0.253 e. The molecule has 1 atom stereocenters. The monoisotopic (exact) mass is 319 g/mol. The van der Waals surface area contributed by atoms with E-state index in [4.69, 9.17) is 23.2 Å². The minimum absolute atomic E-state index is 0.134. The zero-order valence-corrected chi connectivity index (χ0v) is 12.7. The highest BCUT2D eigenvalue weighted by Crippen LogP contribution is 2.31. The van der Waals surface area contributed by atoms with Crippen LogP contribution in [0.4, 0.5) is 0 Å². The zero-order chi connectivity index (χ0) is 13.4. The lowest BCUT2D eigenvalue weighted by atomic mass is 10.1. The molecule has 3 aliphatic rings. The van der Waals surface area contributed by atoms with Gasteiger partial charge in [0, 0.05) is 45.3 Å². The number of carbonyl (C=O) groups is 1. The second-order valence-electron chi connectivity index (χ2n) is 4.94. The molecule has 0 aliphatic carbocycles. The molecule has 1 aromatic heterocycles. The summed E-state index contributed by atoms with van der Waals surface area (Å²) >= 11 is 13.1. The van der Waals surface area contributed by atoms with E-state index in [0.717, 1.165) is 32.7 Å². The first-order valence-corrected chi connectivity index (χ1v) is 7.90. The highest BCUT2D eigenvalue weighted by atomic mass is 35.5. The van der Waals surface area contributed by atoms with E-state index < -0.39 is 0 Å². The highest BCUT2D eigenvalue weighted by molar-refractivity contribution is 7.20. The number of fused-ring (bicyclic) bond motifs is 3. The largest absolute Gasteiger partial charge is 0.350 e. The summed E-state index contributed by atoms with van der Waals surface area (Å²) < 4.78 is 0.999. The van der Waals surface area contributed by atoms with Crippen LogP contribution in [0.15, 0.2) is 6.07 Å². The van der Waals surface area contributed by atoms with Crippen molar-refractivity contribution in [1.82, 2.24) is 15.1 Å². The highest BCUT2D eigenvalue weighted by Gasteiger charge is 2.31. The van der Waals surface area contributed by atoms with E-state index in [-0.39, 0.29) is 5.91 Å². The van der Waals surface area contributed by atoms with Gasteiger partial charge in [0.25, 0.3) is 5.91 Å². The fourth-order valence-corrected chi connectivity index (χ4v) is 4.18. The van der Waals surface area contributed by atoms with Crippen LogP contribution in [0.3, 0.4) is 0 Å². The lowest BCUT2D eigenvalue weighted by Gasteiger charge is -2.47. The van der Waals surface area contributed by atoms with Crippen molar-refractivity contribution in [3.63, 3.8) is 0 Å². The van der Waals surface area contributed by atoms with Crippen molar-refractivity contribution in [3.05, 3.63) is 20.3 Å². The molecule has 4 heterocycles. The third-order valence-corrected chi connectivity index (χ3v) is 5.28. The van der Waals surface area contributed by atoms with Crippen molar-refractivity contribution in [2.75, 3.05) is 39.3 Å². The summed E-state index contributed by atoms with van der Waals surface area (Å²) in [7, 11) is 0. The van der Waals surface area contributed by atoms with Crippen molar-refractivity contribution in [2.24, 2.45) is 0 Å². The summed E-state index contributed by atoms with van der Waals surface area (Å²) in [5.41, 5.74) is 0.480. The fraction of sp³-hybridized carbons (Fsp3) is 0.583. The van der Waals surface area contributed by atoms with Crippen LogP contribution in [0, 0.1) is 0 Å². The first-order chi connectivity index (χ1) is 9.13. The van der Waals surface area contributed by atoms with Crippen LogP contribution in [-0.4, -0.2) is 61.0 Å². The first kappa shape index (κ1) is 13.6. The van der Waals surface area contributed by atoms with Gasteiger partial charge in [-0.15, -0.1) is 11.3 Å². The number of thiophene rings is 1. The SMILES string of the molecule is O=C(NC[C@@H]1CN2CCN1CC2)c1cc(Cl)sc1Cl. The molecule has 0 saturated carbocycles. The predicted molar refractivity (Wildman–Crippen MR) is 78.5 cm³/mol. The average molecular weight is 320 g/mol. The molecule has 1 aromatic rings. The van der Waals surface area contributed by atoms with Crippen molar-refractivity contribution < 1.29 is 4.79 Å². The van der Waals surface area contributed by atoms with E-state index in [1.807, 2.05) is 0 Å². The minimum atomic E-state index is -0.134. The van der Waals surface area contributed by atoms with Crippen molar-refractivity contribution in [1.29, 1.82) is 0 Å². The van der Waals surface area contributed by atoms with Gasteiger partial charge in [-0.2, -0.15) is 0 Å². The summed E-state index contributed by atoms with van der Waals surface area (Å²) in [5, 5.41) is 2.96. The third-order valence-electron chi connectivity index (χ3n) is 3.79. The molecule has 0 aromatic carbocycles. The smallest absolute Gasteiger partial charge is 0.253 e. The molecule has 4 rings (SSSR count). The van der Waals surface area contributed by atoms with Crippen molar-refractivity contribution in [2.45, 2.75) is 6.04 Å². The number of hydrogen-bond acceptors (Lipinski definition) is 4. The molecule has 3 aliphatic heterocycles. The van der Waals surface area contributed by atoms with E-state index in [9.17, 15) is 4.79 Å². The normalized spacial score (nSPS) is 29.5. The second kappa shape index (κ2) is 5.58. The maximum atomic E-state index is 12.0. The molecule has 104 valence electrons. The van der Waals surface area contributed by atoms with Gasteiger partial charge in [0.2, 0.25) is 0 Å². The van der Waals surface area contributed by atoms with Gasteiger partial charge in [-0.1, -0.05) is 23.2 Å². The Morgan fingerprint density at radius 1 is 1.37 bits per heavy atom. The second-order valence-corrected chi connectivity index (χ2v) is 7.22. The summed E-state index contributed by atoms with van der Waals surface area (Å²) in [6.45, 7) is 6.21. The van der Waals surface area contributed by atoms with Crippen LogP contribution in [0.5, 0.6) is 0 Å². The van der Waals surface area contributed by atoms with Crippen molar-refractivity contribution in [3.8, 4) is 0 Å². The van der Waals surface area contributed by atoms with Crippen LogP contribution in [-0.2, 0) is 0 Å². The maximum absolute atomic E-state index is 12.0. The molecular formula is C12H15Cl2N3OS. The molecule has 1 amide bonds. The van der Waals surface area contributed by atoms with Crippen molar-refractivity contribution >= 4 is 40.4 Å². The van der Waals surface area contributed by atoms with Gasteiger partial charge in [0.15, 0.2) is 0 Å². The number of nitrogens with zero attached hydrogens (tertiary/aromatic N) is 2. The lowest BCUT2D eigenvalue weighted by Crippen LogP contribution is -2.63. The van der Waals surface area contributed by atoms with E-state index in [2.05, 4.69) is 15.1 Å². The summed E-state index contributed by atoms with van der Waals surface area (Å²) in [4.78, 5) is 16.9. The van der Waals surface area contributed by atoms with E-state index in [1.54, 1.807) is 6.07 Å². The molecular weight excluding hydrogens is 305 g/mol. The van der Waals surface area contributed by atoms with Gasteiger partial charge in [-0.05, 0) is 6.07 Å². The molecule has 0 unspecified atom stereocenters. The predicted octanol–water partition coefficient (Wildman–Crippen LogP) is 1.78. The molecule has 3 fully saturated rings. The minimum Gasteiger partial charge on any atom is -0.350 e. The Labute approximate surface area is 126 Å². The standard InChI is InChI=1S/C12H15Cl2N3OS/c13-10-5-9(11(14)19-10)12(18)15-6-8-7-16-1-3-17(8)4-2-16/h5,8H,1-4,6-7H2,(H,15,18)/t8-/m1/s1. The van der Waals surface area contributed by atoms with Gasteiger partial charge in [-0.25, -0.2) is 0 Å². The number of amides is 1. The molecule has 0 radical (unpaired) electrons. The van der Waals surface area contributed by atoms with Gasteiger partial charge in [0.1, 0.15) is 4.34 Å². The Hall–Kier alpha value is -0.330. The Balaban J connectivity index is 1.57. The Morgan fingerprint density at radius 3 is 2.63 bits per heavy atom. The zero-order valence-electron chi connectivity index (χ0n) is 10.4. The summed E-state index contributed by atoms with van der Waals surface area (Å²) in [6, 6.07) is 2.04. The number of halogens is 2. The molecule has 2 bridgehead atoms. The van der Waals surface area contributed by atoms with Gasteiger partial charge < -0.3 is 5.32 Å². The van der Waals surface area contributed by atoms with Gasteiger partial charge in [0.05, 0.1) is 9.90 Å². The van der Waals surface area contributed by atoms with Crippen LogP contribution in [0.2, 0.25) is 8.67 Å². The average Bonchev–Trinajstić information content (AvgIpc) is 2.76. The number of carbonyl (C=O) groups excluding carboxylic acids is 1. The van der Waals surface area contributed by atoms with Crippen LogP contribution >= 0.6 is 34.5 Å². The molecule has 1 N–H and O–H groups in total. The first-order valence-electron chi connectivity index (χ1n) is 6.33. The van der Waals surface area contributed by atoms with E-state index >= 15 is 0 Å². The Kier molecular flexibility index (Phi) is 4.01.